The maximum Gasteiger partial charge on any atom is 0.203 e. The van der Waals surface area contributed by atoms with Gasteiger partial charge in [-0.05, 0) is 25.0 Å². The molecule has 0 aliphatic heterocycles. The summed E-state index contributed by atoms with van der Waals surface area (Å²) in [5.41, 5.74) is 3.19. The summed E-state index contributed by atoms with van der Waals surface area (Å²) in [6.45, 7) is 7.48. The Kier molecular flexibility index (Phi) is 3.99. The highest BCUT2D eigenvalue weighted by Gasteiger charge is 2.18. The van der Waals surface area contributed by atoms with Gasteiger partial charge in [0.2, 0.25) is 11.6 Å². The van der Waals surface area contributed by atoms with Crippen LogP contribution in [0.15, 0.2) is 18.2 Å². The minimum atomic E-state index is -0.290. The average Bonchev–Trinajstić information content (AvgIpc) is 2.20. The molecule has 0 unspecified atom stereocenters. The molecule has 0 saturated carbocycles. The van der Waals surface area contributed by atoms with Gasteiger partial charge in [0, 0.05) is 12.3 Å². The highest BCUT2D eigenvalue weighted by Crippen LogP contribution is 2.12. The Morgan fingerprint density at radius 3 is 2.31 bits per heavy atom. The molecule has 0 atom stereocenters. The molecule has 0 radical (unpaired) electrons. The summed E-state index contributed by atoms with van der Waals surface area (Å²) in [6, 6.07) is 5.92. The molecule has 0 saturated heterocycles. The third-order valence-corrected chi connectivity index (χ3v) is 2.65. The second-order valence-electron chi connectivity index (χ2n) is 4.55. The zero-order chi connectivity index (χ0) is 12.3. The third-order valence-electron chi connectivity index (χ3n) is 2.65. The summed E-state index contributed by atoms with van der Waals surface area (Å²) in [5.74, 6) is -0.778. The van der Waals surface area contributed by atoms with Crippen LogP contribution < -0.4 is 0 Å². The molecule has 86 valence electrons. The molecule has 0 heterocycles. The highest BCUT2D eigenvalue weighted by atomic mass is 16.2. The Balaban J connectivity index is 2.81. The van der Waals surface area contributed by atoms with E-state index >= 15 is 0 Å². The van der Waals surface area contributed by atoms with E-state index in [4.69, 9.17) is 0 Å². The first-order chi connectivity index (χ1) is 7.41. The van der Waals surface area contributed by atoms with Crippen molar-refractivity contribution >= 4 is 11.6 Å². The van der Waals surface area contributed by atoms with Crippen molar-refractivity contribution in [3.05, 3.63) is 34.9 Å². The van der Waals surface area contributed by atoms with E-state index in [2.05, 4.69) is 0 Å². The van der Waals surface area contributed by atoms with Crippen LogP contribution in [-0.4, -0.2) is 11.6 Å². The minimum absolute atomic E-state index is 0.210. The number of hydrogen-bond donors (Lipinski definition) is 0. The van der Waals surface area contributed by atoms with Crippen molar-refractivity contribution in [1.82, 2.24) is 0 Å². The first-order valence-electron chi connectivity index (χ1n) is 5.55. The van der Waals surface area contributed by atoms with Gasteiger partial charge in [-0.15, -0.1) is 0 Å². The normalized spacial score (nSPS) is 10.6. The van der Waals surface area contributed by atoms with Crippen LogP contribution in [0.2, 0.25) is 0 Å². The number of benzene rings is 1. The number of carbonyl (C=O) groups is 2. The van der Waals surface area contributed by atoms with Crippen LogP contribution in [0, 0.1) is 19.8 Å². The van der Waals surface area contributed by atoms with Crippen molar-refractivity contribution in [1.29, 1.82) is 0 Å². The van der Waals surface area contributed by atoms with Crippen LogP contribution in [0.25, 0.3) is 0 Å². The summed E-state index contributed by atoms with van der Waals surface area (Å²) in [4.78, 5) is 23.1. The van der Waals surface area contributed by atoms with E-state index in [1.807, 2.05) is 32.0 Å². The fourth-order valence-corrected chi connectivity index (χ4v) is 1.63. The van der Waals surface area contributed by atoms with Crippen molar-refractivity contribution in [2.24, 2.45) is 5.92 Å². The molecule has 0 aliphatic carbocycles. The molecule has 2 nitrogen and oxygen atoms in total. The molecule has 0 amide bonds. The smallest absolute Gasteiger partial charge is 0.203 e. The third kappa shape index (κ3) is 3.02. The zero-order valence-electron chi connectivity index (χ0n) is 10.3. The van der Waals surface area contributed by atoms with Gasteiger partial charge < -0.3 is 0 Å². The maximum atomic E-state index is 11.6. The second-order valence-corrected chi connectivity index (χ2v) is 4.55. The van der Waals surface area contributed by atoms with Gasteiger partial charge in [0.1, 0.15) is 0 Å². The van der Waals surface area contributed by atoms with Crippen LogP contribution in [-0.2, 0) is 16.0 Å². The lowest BCUT2D eigenvalue weighted by molar-refractivity contribution is -0.138. The lowest BCUT2D eigenvalue weighted by Crippen LogP contribution is -2.21. The van der Waals surface area contributed by atoms with Gasteiger partial charge in [0.05, 0.1) is 0 Å². The van der Waals surface area contributed by atoms with E-state index in [0.29, 0.717) is 0 Å². The number of Topliss-reactive ketones (excluding diaryl/α,β-unsaturated/α-hetero) is 2. The Morgan fingerprint density at radius 1 is 1.19 bits per heavy atom. The van der Waals surface area contributed by atoms with Gasteiger partial charge in [0.15, 0.2) is 0 Å². The van der Waals surface area contributed by atoms with Crippen LogP contribution in [0.1, 0.15) is 30.5 Å². The fourth-order valence-electron chi connectivity index (χ4n) is 1.63. The van der Waals surface area contributed by atoms with Crippen molar-refractivity contribution in [2.75, 3.05) is 0 Å². The second kappa shape index (κ2) is 5.06. The van der Waals surface area contributed by atoms with Crippen molar-refractivity contribution in [3.63, 3.8) is 0 Å². The molecule has 0 bridgehead atoms. The summed E-state index contributed by atoms with van der Waals surface area (Å²) in [5, 5.41) is 0. The molecule has 0 aliphatic rings. The SMILES string of the molecule is Cc1ccc(CC(=O)C(=O)C(C)C)c(C)c1. The summed E-state index contributed by atoms with van der Waals surface area (Å²) in [6.07, 6.45) is 0.225. The van der Waals surface area contributed by atoms with Gasteiger partial charge >= 0.3 is 0 Å². The fraction of sp³-hybridized carbons (Fsp3) is 0.429. The largest absolute Gasteiger partial charge is 0.291 e. The van der Waals surface area contributed by atoms with Crippen molar-refractivity contribution < 1.29 is 9.59 Å². The standard InChI is InChI=1S/C14H18O2/c1-9(2)14(16)13(15)8-12-6-5-10(3)7-11(12)4/h5-7,9H,8H2,1-4H3. The predicted molar refractivity (Wildman–Crippen MR) is 64.5 cm³/mol. The summed E-state index contributed by atoms with van der Waals surface area (Å²) >= 11 is 0. The van der Waals surface area contributed by atoms with Crippen LogP contribution in [0.4, 0.5) is 0 Å². The Bertz CT molecular complexity index is 417. The molecule has 0 fully saturated rings. The van der Waals surface area contributed by atoms with E-state index in [0.717, 1.165) is 11.1 Å². The minimum Gasteiger partial charge on any atom is -0.291 e. The molecule has 0 N–H and O–H groups in total. The average molecular weight is 218 g/mol. The number of hydrogen-bond acceptors (Lipinski definition) is 2. The first-order valence-corrected chi connectivity index (χ1v) is 5.55. The maximum absolute atomic E-state index is 11.6. The lowest BCUT2D eigenvalue weighted by Gasteiger charge is -2.07. The van der Waals surface area contributed by atoms with E-state index < -0.39 is 0 Å². The molecule has 0 spiro atoms. The number of carbonyl (C=O) groups excluding carboxylic acids is 2. The lowest BCUT2D eigenvalue weighted by atomic mass is 9.96. The van der Waals surface area contributed by atoms with E-state index in [-0.39, 0.29) is 23.9 Å². The summed E-state index contributed by atoms with van der Waals surface area (Å²) in [7, 11) is 0. The molecule has 0 aromatic heterocycles. The quantitative estimate of drug-likeness (QED) is 0.728. The van der Waals surface area contributed by atoms with Crippen LogP contribution >= 0.6 is 0 Å². The molecule has 16 heavy (non-hydrogen) atoms. The molecule has 1 aromatic rings. The van der Waals surface area contributed by atoms with E-state index in [9.17, 15) is 9.59 Å². The van der Waals surface area contributed by atoms with E-state index in [1.54, 1.807) is 13.8 Å². The topological polar surface area (TPSA) is 34.1 Å². The van der Waals surface area contributed by atoms with Gasteiger partial charge in [0.25, 0.3) is 0 Å². The number of ketones is 2. The van der Waals surface area contributed by atoms with Gasteiger partial charge in [-0.3, -0.25) is 9.59 Å². The Hall–Kier alpha value is -1.44. The molecule has 1 rings (SSSR count). The Morgan fingerprint density at radius 2 is 1.81 bits per heavy atom. The highest BCUT2D eigenvalue weighted by molar-refractivity contribution is 6.38. The van der Waals surface area contributed by atoms with Gasteiger partial charge in [-0.2, -0.15) is 0 Å². The van der Waals surface area contributed by atoms with Crippen molar-refractivity contribution in [3.8, 4) is 0 Å². The molecule has 2 heteroatoms. The van der Waals surface area contributed by atoms with Gasteiger partial charge in [-0.1, -0.05) is 37.6 Å². The molecular formula is C14H18O2. The van der Waals surface area contributed by atoms with Crippen LogP contribution in [0.3, 0.4) is 0 Å². The van der Waals surface area contributed by atoms with Gasteiger partial charge in [-0.25, -0.2) is 0 Å². The predicted octanol–water partition coefficient (Wildman–Crippen LogP) is 2.64. The number of aryl methyl sites for hydroxylation is 2. The van der Waals surface area contributed by atoms with Crippen LogP contribution in [0.5, 0.6) is 0 Å². The monoisotopic (exact) mass is 218 g/mol. The molecule has 1 aromatic carbocycles. The first kappa shape index (κ1) is 12.6. The van der Waals surface area contributed by atoms with Crippen molar-refractivity contribution in [2.45, 2.75) is 34.1 Å². The van der Waals surface area contributed by atoms with E-state index in [1.165, 1.54) is 5.56 Å². The zero-order valence-corrected chi connectivity index (χ0v) is 10.3. The summed E-state index contributed by atoms with van der Waals surface area (Å²) < 4.78 is 0. The molecular weight excluding hydrogens is 200 g/mol. The Labute approximate surface area is 96.7 Å². The number of rotatable bonds is 4.